The zero-order valence-corrected chi connectivity index (χ0v) is 16.4. The van der Waals surface area contributed by atoms with Gasteiger partial charge in [0.1, 0.15) is 0 Å². The third-order valence-corrected chi connectivity index (χ3v) is 5.45. The molecule has 6 nitrogen and oxygen atoms in total. The molecule has 27 heavy (non-hydrogen) atoms. The minimum absolute atomic E-state index is 0.129. The lowest BCUT2D eigenvalue weighted by Crippen LogP contribution is -2.47. The molecule has 0 saturated carbocycles. The van der Waals surface area contributed by atoms with Gasteiger partial charge in [-0.05, 0) is 18.2 Å². The molecule has 140 valence electrons. The number of nitrogens with zero attached hydrogens (tertiary/aromatic N) is 5. The highest BCUT2D eigenvalue weighted by atomic mass is 35.5. The van der Waals surface area contributed by atoms with Crippen molar-refractivity contribution in [3.63, 3.8) is 0 Å². The first-order valence-corrected chi connectivity index (χ1v) is 9.53. The molecule has 0 spiro atoms. The molecule has 0 unspecified atom stereocenters. The van der Waals surface area contributed by atoms with E-state index >= 15 is 0 Å². The van der Waals surface area contributed by atoms with E-state index in [-0.39, 0.29) is 5.91 Å². The number of carbonyl (C=O) groups is 1. The molecule has 1 amide bonds. The van der Waals surface area contributed by atoms with E-state index in [0.29, 0.717) is 16.6 Å². The van der Waals surface area contributed by atoms with Crippen molar-refractivity contribution in [2.45, 2.75) is 13.5 Å². The molecule has 3 aromatic rings. The largest absolute Gasteiger partial charge is 0.340 e. The summed E-state index contributed by atoms with van der Waals surface area (Å²) in [5, 5.41) is 1.16. The van der Waals surface area contributed by atoms with Crippen molar-refractivity contribution in [1.29, 1.82) is 0 Å². The number of hydrogen-bond donors (Lipinski definition) is 0. The van der Waals surface area contributed by atoms with Crippen LogP contribution >= 0.6 is 23.2 Å². The zero-order valence-electron chi connectivity index (χ0n) is 14.9. The van der Waals surface area contributed by atoms with Crippen LogP contribution in [0.5, 0.6) is 0 Å². The Labute approximate surface area is 167 Å². The number of benzene rings is 1. The van der Waals surface area contributed by atoms with Gasteiger partial charge in [0.15, 0.2) is 5.65 Å². The molecule has 0 radical (unpaired) electrons. The van der Waals surface area contributed by atoms with E-state index in [9.17, 15) is 4.79 Å². The van der Waals surface area contributed by atoms with E-state index in [1.807, 2.05) is 27.6 Å². The van der Waals surface area contributed by atoms with Crippen LogP contribution in [0.25, 0.3) is 16.9 Å². The molecule has 1 aliphatic rings. The van der Waals surface area contributed by atoms with Crippen molar-refractivity contribution in [3.8, 4) is 11.3 Å². The highest BCUT2D eigenvalue weighted by Crippen LogP contribution is 2.33. The highest BCUT2D eigenvalue weighted by Gasteiger charge is 2.23. The van der Waals surface area contributed by atoms with Crippen molar-refractivity contribution < 1.29 is 4.79 Å². The fourth-order valence-corrected chi connectivity index (χ4v) is 3.94. The van der Waals surface area contributed by atoms with Gasteiger partial charge in [-0.25, -0.2) is 4.98 Å². The van der Waals surface area contributed by atoms with E-state index in [2.05, 4.69) is 9.88 Å². The normalized spacial score (nSPS) is 15.4. The van der Waals surface area contributed by atoms with Crippen LogP contribution < -0.4 is 0 Å². The van der Waals surface area contributed by atoms with Gasteiger partial charge in [-0.1, -0.05) is 23.2 Å². The van der Waals surface area contributed by atoms with E-state index in [0.717, 1.165) is 48.8 Å². The summed E-state index contributed by atoms with van der Waals surface area (Å²) in [7, 11) is 0. The Morgan fingerprint density at radius 1 is 1.19 bits per heavy atom. The number of piperazine rings is 1. The second kappa shape index (κ2) is 7.46. The van der Waals surface area contributed by atoms with Crippen LogP contribution in [0.2, 0.25) is 10.0 Å². The summed E-state index contributed by atoms with van der Waals surface area (Å²) < 4.78 is 2.05. The van der Waals surface area contributed by atoms with Crippen molar-refractivity contribution >= 4 is 34.8 Å². The number of hydrogen-bond acceptors (Lipinski definition) is 4. The molecule has 0 bridgehead atoms. The average Bonchev–Trinajstić information content (AvgIpc) is 3.00. The molecular weight excluding hydrogens is 385 g/mol. The summed E-state index contributed by atoms with van der Waals surface area (Å²) in [6.45, 7) is 5.46. The number of halogens is 2. The Balaban J connectivity index is 1.70. The topological polar surface area (TPSA) is 53.7 Å². The summed E-state index contributed by atoms with van der Waals surface area (Å²) in [4.78, 5) is 24.7. The third-order valence-electron chi connectivity index (χ3n) is 4.91. The SMILES string of the molecule is CC(=O)N1CCN(Cc2c(-c3ccc(Cl)cc3Cl)nc3cnccn23)CC1. The van der Waals surface area contributed by atoms with Gasteiger partial charge in [-0.15, -0.1) is 0 Å². The van der Waals surface area contributed by atoms with Crippen molar-refractivity contribution in [2.24, 2.45) is 0 Å². The number of aromatic nitrogens is 3. The quantitative estimate of drug-likeness (QED) is 0.672. The average molecular weight is 404 g/mol. The maximum absolute atomic E-state index is 11.6. The van der Waals surface area contributed by atoms with Crippen molar-refractivity contribution in [1.82, 2.24) is 24.2 Å². The molecule has 1 aromatic carbocycles. The Bertz CT molecular complexity index is 995. The van der Waals surface area contributed by atoms with E-state index in [1.54, 1.807) is 25.4 Å². The van der Waals surface area contributed by atoms with Crippen LogP contribution in [0.3, 0.4) is 0 Å². The summed E-state index contributed by atoms with van der Waals surface area (Å²) >= 11 is 12.5. The second-order valence-corrected chi connectivity index (χ2v) is 7.46. The Kier molecular flexibility index (Phi) is 5.04. The molecular formula is C19H19Cl2N5O. The fourth-order valence-electron chi connectivity index (χ4n) is 3.44. The Morgan fingerprint density at radius 3 is 2.67 bits per heavy atom. The minimum Gasteiger partial charge on any atom is -0.340 e. The predicted molar refractivity (Wildman–Crippen MR) is 106 cm³/mol. The number of carbonyl (C=O) groups excluding carboxylic acids is 1. The summed E-state index contributed by atoms with van der Waals surface area (Å²) in [5.41, 5.74) is 3.50. The molecule has 8 heteroatoms. The second-order valence-electron chi connectivity index (χ2n) is 6.62. The van der Waals surface area contributed by atoms with Crippen LogP contribution in [0.15, 0.2) is 36.8 Å². The van der Waals surface area contributed by atoms with Gasteiger partial charge in [0, 0.05) is 62.6 Å². The fraction of sp³-hybridized carbons (Fsp3) is 0.316. The van der Waals surface area contributed by atoms with Crippen LogP contribution in [-0.2, 0) is 11.3 Å². The van der Waals surface area contributed by atoms with Crippen molar-refractivity contribution in [2.75, 3.05) is 26.2 Å². The Morgan fingerprint density at radius 2 is 1.96 bits per heavy atom. The highest BCUT2D eigenvalue weighted by molar-refractivity contribution is 6.36. The summed E-state index contributed by atoms with van der Waals surface area (Å²) in [5.74, 6) is 0.129. The summed E-state index contributed by atoms with van der Waals surface area (Å²) in [6.07, 6.45) is 5.40. The molecule has 2 aromatic heterocycles. The van der Waals surface area contributed by atoms with Gasteiger partial charge in [0.2, 0.25) is 5.91 Å². The van der Waals surface area contributed by atoms with Crippen molar-refractivity contribution in [3.05, 3.63) is 52.5 Å². The number of rotatable bonds is 3. The molecule has 1 aliphatic heterocycles. The standard InChI is InChI=1S/C19H19Cl2N5O/c1-13(27)25-8-6-24(7-9-25)12-17-19(15-3-2-14(20)10-16(15)21)23-18-11-22-4-5-26(17)18/h2-5,10-11H,6-9,12H2,1H3. The molecule has 0 aliphatic carbocycles. The van der Waals surface area contributed by atoms with Crippen LogP contribution in [-0.4, -0.2) is 56.3 Å². The lowest BCUT2D eigenvalue weighted by atomic mass is 10.1. The van der Waals surface area contributed by atoms with Gasteiger partial charge in [0.25, 0.3) is 0 Å². The molecule has 4 rings (SSSR count). The minimum atomic E-state index is 0.129. The molecule has 3 heterocycles. The van der Waals surface area contributed by atoms with Crippen LogP contribution in [0, 0.1) is 0 Å². The van der Waals surface area contributed by atoms with Crippen LogP contribution in [0.4, 0.5) is 0 Å². The smallest absolute Gasteiger partial charge is 0.219 e. The van der Waals surface area contributed by atoms with E-state index in [4.69, 9.17) is 28.2 Å². The summed E-state index contributed by atoms with van der Waals surface area (Å²) in [6, 6.07) is 5.45. The van der Waals surface area contributed by atoms with Gasteiger partial charge in [-0.2, -0.15) is 0 Å². The predicted octanol–water partition coefficient (Wildman–Crippen LogP) is 3.37. The van der Waals surface area contributed by atoms with E-state index < -0.39 is 0 Å². The van der Waals surface area contributed by atoms with Gasteiger partial charge >= 0.3 is 0 Å². The monoisotopic (exact) mass is 403 g/mol. The molecule has 0 N–H and O–H groups in total. The molecule has 1 fully saturated rings. The first-order chi connectivity index (χ1) is 13.0. The van der Waals surface area contributed by atoms with Gasteiger partial charge in [0.05, 0.1) is 22.6 Å². The number of amides is 1. The zero-order chi connectivity index (χ0) is 19.0. The maximum atomic E-state index is 11.6. The first-order valence-electron chi connectivity index (χ1n) is 8.77. The number of fused-ring (bicyclic) bond motifs is 1. The molecule has 1 saturated heterocycles. The maximum Gasteiger partial charge on any atom is 0.219 e. The van der Waals surface area contributed by atoms with Gasteiger partial charge in [-0.3, -0.25) is 19.1 Å². The van der Waals surface area contributed by atoms with Gasteiger partial charge < -0.3 is 4.90 Å². The lowest BCUT2D eigenvalue weighted by molar-refractivity contribution is -0.130. The third kappa shape index (κ3) is 3.65. The Hall–Kier alpha value is -2.15. The van der Waals surface area contributed by atoms with E-state index in [1.165, 1.54) is 0 Å². The first kappa shape index (κ1) is 18.2. The van der Waals surface area contributed by atoms with Crippen LogP contribution in [0.1, 0.15) is 12.6 Å². The number of imidazole rings is 1. The lowest BCUT2D eigenvalue weighted by Gasteiger charge is -2.34. The molecule has 0 atom stereocenters.